The van der Waals surface area contributed by atoms with Crippen molar-refractivity contribution in [1.82, 2.24) is 5.01 Å². The van der Waals surface area contributed by atoms with Crippen molar-refractivity contribution in [2.24, 2.45) is 5.10 Å². The van der Waals surface area contributed by atoms with Gasteiger partial charge in [0.2, 0.25) is 0 Å². The molecule has 0 aromatic rings. The Labute approximate surface area is 56.5 Å². The molecule has 0 aromatic carbocycles. The van der Waals surface area contributed by atoms with Crippen LogP contribution >= 0.6 is 0 Å². The minimum absolute atomic E-state index is 0.683. The Balaban J connectivity index is 2.32. The van der Waals surface area contributed by atoms with Crippen molar-refractivity contribution in [3.8, 4) is 0 Å². The quantitative estimate of drug-likeness (QED) is 0.404. The molecule has 1 rings (SSSR count). The largest absolute Gasteiger partial charge is 0.298 e. The molecule has 1 aliphatic rings. The van der Waals surface area contributed by atoms with Crippen molar-refractivity contribution in [1.29, 1.82) is 0 Å². The number of nitrogens with zero attached hydrogens (tertiary/aromatic N) is 2. The predicted molar refractivity (Wildman–Crippen MR) is 39.6 cm³/mol. The average Bonchev–Trinajstić information content (AvgIpc) is 2.37. The molecule has 2 heteroatoms. The average molecular weight is 126 g/mol. The molecular formula is C7H14N2. The van der Waals surface area contributed by atoms with Gasteiger partial charge in [-0.25, -0.2) is 0 Å². The highest BCUT2D eigenvalue weighted by Crippen LogP contribution is 2.21. The van der Waals surface area contributed by atoms with Gasteiger partial charge in [-0.1, -0.05) is 12.8 Å². The Morgan fingerprint density at radius 2 is 2.00 bits per heavy atom. The minimum atomic E-state index is 0.683. The number of rotatable bonds is 2. The lowest BCUT2D eigenvalue weighted by Gasteiger charge is -2.19. The number of hydrogen-bond donors (Lipinski definition) is 0. The minimum Gasteiger partial charge on any atom is -0.298 e. The molecule has 0 atom stereocenters. The zero-order valence-corrected chi connectivity index (χ0v) is 6.01. The van der Waals surface area contributed by atoms with Gasteiger partial charge in [0.05, 0.1) is 0 Å². The summed E-state index contributed by atoms with van der Waals surface area (Å²) in [6.07, 6.45) is 5.33. The Kier molecular flexibility index (Phi) is 2.09. The normalized spacial score (nSPS) is 20.1. The second-order valence-electron chi connectivity index (χ2n) is 2.65. The first-order valence-electron chi connectivity index (χ1n) is 3.54. The highest BCUT2D eigenvalue weighted by atomic mass is 15.4. The third-order valence-electron chi connectivity index (χ3n) is 2.08. The molecule has 0 saturated heterocycles. The molecule has 0 bridgehead atoms. The van der Waals surface area contributed by atoms with Crippen LogP contribution < -0.4 is 0 Å². The lowest BCUT2D eigenvalue weighted by Crippen LogP contribution is -2.22. The first-order chi connectivity index (χ1) is 4.34. The fourth-order valence-corrected chi connectivity index (χ4v) is 1.39. The van der Waals surface area contributed by atoms with E-state index in [-0.39, 0.29) is 0 Å². The summed E-state index contributed by atoms with van der Waals surface area (Å²) >= 11 is 0. The third-order valence-corrected chi connectivity index (χ3v) is 2.08. The smallest absolute Gasteiger partial charge is 0.0467 e. The van der Waals surface area contributed by atoms with Crippen molar-refractivity contribution in [2.75, 3.05) is 7.05 Å². The van der Waals surface area contributed by atoms with E-state index in [1.165, 1.54) is 25.7 Å². The Morgan fingerprint density at radius 3 is 2.44 bits per heavy atom. The van der Waals surface area contributed by atoms with Gasteiger partial charge in [-0.15, -0.1) is 0 Å². The van der Waals surface area contributed by atoms with Gasteiger partial charge in [0.15, 0.2) is 0 Å². The van der Waals surface area contributed by atoms with Gasteiger partial charge in [-0.2, -0.15) is 5.10 Å². The third kappa shape index (κ3) is 1.44. The second-order valence-corrected chi connectivity index (χ2v) is 2.65. The predicted octanol–water partition coefficient (Wildman–Crippen LogP) is 1.48. The van der Waals surface area contributed by atoms with E-state index in [1.807, 2.05) is 12.1 Å². The molecule has 0 amide bonds. The summed E-state index contributed by atoms with van der Waals surface area (Å²) in [5.41, 5.74) is 0. The van der Waals surface area contributed by atoms with E-state index in [9.17, 15) is 0 Å². The fourth-order valence-electron chi connectivity index (χ4n) is 1.39. The van der Waals surface area contributed by atoms with E-state index < -0.39 is 0 Å². The van der Waals surface area contributed by atoms with Gasteiger partial charge in [-0.05, 0) is 12.8 Å². The number of hydrogen-bond acceptors (Lipinski definition) is 2. The molecule has 0 unspecified atom stereocenters. The van der Waals surface area contributed by atoms with Crippen molar-refractivity contribution < 1.29 is 0 Å². The van der Waals surface area contributed by atoms with Crippen LogP contribution in [-0.2, 0) is 0 Å². The van der Waals surface area contributed by atoms with Crippen LogP contribution in [0.3, 0.4) is 0 Å². The summed E-state index contributed by atoms with van der Waals surface area (Å²) in [5.74, 6) is 0. The van der Waals surface area contributed by atoms with Crippen LogP contribution in [0.2, 0.25) is 0 Å². The van der Waals surface area contributed by atoms with E-state index in [0.717, 1.165) is 0 Å². The molecular weight excluding hydrogens is 112 g/mol. The lowest BCUT2D eigenvalue weighted by atomic mass is 10.2. The lowest BCUT2D eigenvalue weighted by molar-refractivity contribution is 0.260. The maximum absolute atomic E-state index is 3.85. The SMILES string of the molecule is C=NN(C)C1CCCC1. The molecule has 0 heterocycles. The molecule has 0 aromatic heterocycles. The van der Waals surface area contributed by atoms with Crippen molar-refractivity contribution in [3.63, 3.8) is 0 Å². The van der Waals surface area contributed by atoms with Gasteiger partial charge < -0.3 is 0 Å². The van der Waals surface area contributed by atoms with Gasteiger partial charge in [0, 0.05) is 19.8 Å². The molecule has 2 nitrogen and oxygen atoms in total. The van der Waals surface area contributed by atoms with Crippen molar-refractivity contribution >= 4 is 6.72 Å². The van der Waals surface area contributed by atoms with Gasteiger partial charge in [-0.3, -0.25) is 5.01 Å². The molecule has 1 saturated carbocycles. The zero-order valence-electron chi connectivity index (χ0n) is 6.01. The zero-order chi connectivity index (χ0) is 6.69. The topological polar surface area (TPSA) is 15.6 Å². The Bertz CT molecular complexity index is 95.1. The summed E-state index contributed by atoms with van der Waals surface area (Å²) in [6.45, 7) is 3.48. The first-order valence-corrected chi connectivity index (χ1v) is 3.54. The molecule has 1 aliphatic carbocycles. The summed E-state index contributed by atoms with van der Waals surface area (Å²) in [6, 6.07) is 0.683. The van der Waals surface area contributed by atoms with Gasteiger partial charge >= 0.3 is 0 Å². The summed E-state index contributed by atoms with van der Waals surface area (Å²) in [5, 5.41) is 5.83. The summed E-state index contributed by atoms with van der Waals surface area (Å²) in [7, 11) is 2.00. The van der Waals surface area contributed by atoms with E-state index in [4.69, 9.17) is 0 Å². The van der Waals surface area contributed by atoms with Crippen molar-refractivity contribution in [2.45, 2.75) is 31.7 Å². The molecule has 0 aliphatic heterocycles. The second kappa shape index (κ2) is 2.85. The Hall–Kier alpha value is -0.530. The maximum Gasteiger partial charge on any atom is 0.0467 e. The van der Waals surface area contributed by atoms with Crippen molar-refractivity contribution in [3.05, 3.63) is 0 Å². The van der Waals surface area contributed by atoms with E-state index in [2.05, 4.69) is 11.8 Å². The highest BCUT2D eigenvalue weighted by Gasteiger charge is 2.17. The highest BCUT2D eigenvalue weighted by molar-refractivity contribution is 5.22. The molecule has 0 radical (unpaired) electrons. The standard InChI is InChI=1S/C7H14N2/c1-8-9(2)7-5-3-4-6-7/h7H,1,3-6H2,2H3. The summed E-state index contributed by atoms with van der Waals surface area (Å²) < 4.78 is 0. The van der Waals surface area contributed by atoms with Crippen LogP contribution in [-0.4, -0.2) is 24.8 Å². The molecule has 1 fully saturated rings. The van der Waals surface area contributed by atoms with E-state index >= 15 is 0 Å². The number of hydrazone groups is 1. The molecule has 0 spiro atoms. The summed E-state index contributed by atoms with van der Waals surface area (Å²) in [4.78, 5) is 0. The Morgan fingerprint density at radius 1 is 1.44 bits per heavy atom. The monoisotopic (exact) mass is 126 g/mol. The molecule has 9 heavy (non-hydrogen) atoms. The van der Waals surface area contributed by atoms with Crippen LogP contribution in [0.25, 0.3) is 0 Å². The van der Waals surface area contributed by atoms with E-state index in [1.54, 1.807) is 0 Å². The van der Waals surface area contributed by atoms with Gasteiger partial charge in [0.25, 0.3) is 0 Å². The van der Waals surface area contributed by atoms with E-state index in [0.29, 0.717) is 6.04 Å². The van der Waals surface area contributed by atoms with Crippen LogP contribution in [0.5, 0.6) is 0 Å². The fraction of sp³-hybridized carbons (Fsp3) is 0.857. The molecule has 0 N–H and O–H groups in total. The van der Waals surface area contributed by atoms with Gasteiger partial charge in [0.1, 0.15) is 0 Å². The maximum atomic E-state index is 3.85. The van der Waals surface area contributed by atoms with Crippen LogP contribution in [0.1, 0.15) is 25.7 Å². The van der Waals surface area contributed by atoms with Crippen LogP contribution in [0, 0.1) is 0 Å². The first kappa shape index (κ1) is 6.59. The molecule has 52 valence electrons. The van der Waals surface area contributed by atoms with Crippen LogP contribution in [0.15, 0.2) is 5.10 Å². The van der Waals surface area contributed by atoms with Crippen LogP contribution in [0.4, 0.5) is 0 Å².